The van der Waals surface area contributed by atoms with Gasteiger partial charge in [-0.2, -0.15) is 0 Å². The second-order valence-corrected chi connectivity index (χ2v) is 5.15. The number of likely N-dealkylation sites (N-methyl/N-ethyl adjacent to an activating group) is 1. The molecule has 3 nitrogen and oxygen atoms in total. The number of nitrogens with zero attached hydrogens (tertiary/aromatic N) is 1. The summed E-state index contributed by atoms with van der Waals surface area (Å²) in [5.41, 5.74) is 2.43. The Balaban J connectivity index is 1.76. The Morgan fingerprint density at radius 1 is 1.35 bits per heavy atom. The van der Waals surface area contributed by atoms with E-state index < -0.39 is 0 Å². The fourth-order valence-electron chi connectivity index (χ4n) is 2.68. The van der Waals surface area contributed by atoms with Crippen molar-refractivity contribution in [2.75, 3.05) is 18.9 Å². The summed E-state index contributed by atoms with van der Waals surface area (Å²) in [4.78, 5) is 5.63. The van der Waals surface area contributed by atoms with E-state index in [1.807, 2.05) is 6.20 Å². The number of H-pyrrole nitrogens is 1. The summed E-state index contributed by atoms with van der Waals surface area (Å²) >= 11 is 0. The molecule has 3 heteroatoms. The molecule has 1 aromatic carbocycles. The van der Waals surface area contributed by atoms with Crippen LogP contribution in [0.1, 0.15) is 13.3 Å². The van der Waals surface area contributed by atoms with Crippen molar-refractivity contribution in [3.8, 4) is 0 Å². The molecule has 1 aliphatic heterocycles. The van der Waals surface area contributed by atoms with Crippen molar-refractivity contribution in [3.05, 3.63) is 30.5 Å². The summed E-state index contributed by atoms with van der Waals surface area (Å²) in [5, 5.41) is 4.90. The lowest BCUT2D eigenvalue weighted by Gasteiger charge is -2.14. The standard InChI is InChI=1S/C14H19N3/c1-10-7-13(9-17(10)2)16-12-3-4-14-11(8-12)5-6-15-14/h3-6,8,10,13,15-16H,7,9H2,1-2H3. The Kier molecular flexibility index (Phi) is 2.56. The molecule has 90 valence electrons. The number of fused-ring (bicyclic) bond motifs is 1. The SMILES string of the molecule is CC1CC(Nc2ccc3[nH]ccc3c2)CN1C. The number of anilines is 1. The summed E-state index contributed by atoms with van der Waals surface area (Å²) in [6.07, 6.45) is 3.21. The molecule has 2 aromatic rings. The van der Waals surface area contributed by atoms with Gasteiger partial charge in [-0.1, -0.05) is 0 Å². The molecule has 2 unspecified atom stereocenters. The van der Waals surface area contributed by atoms with E-state index in [1.54, 1.807) is 0 Å². The van der Waals surface area contributed by atoms with Gasteiger partial charge >= 0.3 is 0 Å². The maximum absolute atomic E-state index is 3.63. The number of aromatic amines is 1. The van der Waals surface area contributed by atoms with E-state index >= 15 is 0 Å². The number of rotatable bonds is 2. The lowest BCUT2D eigenvalue weighted by molar-refractivity contribution is 0.330. The van der Waals surface area contributed by atoms with Gasteiger partial charge in [-0.3, -0.25) is 0 Å². The Morgan fingerprint density at radius 3 is 3.00 bits per heavy atom. The van der Waals surface area contributed by atoms with Crippen molar-refractivity contribution in [1.82, 2.24) is 9.88 Å². The topological polar surface area (TPSA) is 31.1 Å². The van der Waals surface area contributed by atoms with Crippen molar-refractivity contribution >= 4 is 16.6 Å². The molecule has 0 aliphatic carbocycles. The van der Waals surface area contributed by atoms with Crippen LogP contribution in [0, 0.1) is 0 Å². The van der Waals surface area contributed by atoms with Gasteiger partial charge < -0.3 is 15.2 Å². The molecule has 3 rings (SSSR count). The lowest BCUT2D eigenvalue weighted by Crippen LogP contribution is -2.24. The van der Waals surface area contributed by atoms with E-state index in [2.05, 4.69) is 53.4 Å². The van der Waals surface area contributed by atoms with E-state index in [0.717, 1.165) is 6.54 Å². The molecule has 1 aromatic heterocycles. The fourth-order valence-corrected chi connectivity index (χ4v) is 2.68. The molecule has 0 spiro atoms. The quantitative estimate of drug-likeness (QED) is 0.829. The minimum Gasteiger partial charge on any atom is -0.381 e. The Morgan fingerprint density at radius 2 is 2.24 bits per heavy atom. The van der Waals surface area contributed by atoms with Crippen molar-refractivity contribution < 1.29 is 0 Å². The molecule has 2 atom stereocenters. The van der Waals surface area contributed by atoms with Crippen LogP contribution < -0.4 is 5.32 Å². The first-order valence-electron chi connectivity index (χ1n) is 6.26. The summed E-state index contributed by atoms with van der Waals surface area (Å²) < 4.78 is 0. The minimum absolute atomic E-state index is 0.575. The lowest BCUT2D eigenvalue weighted by atomic mass is 10.1. The highest BCUT2D eigenvalue weighted by Crippen LogP contribution is 2.22. The zero-order valence-electron chi connectivity index (χ0n) is 10.4. The van der Waals surface area contributed by atoms with Crippen LogP contribution in [0.15, 0.2) is 30.5 Å². The molecule has 2 heterocycles. The highest BCUT2D eigenvalue weighted by molar-refractivity contribution is 5.83. The summed E-state index contributed by atoms with van der Waals surface area (Å²) in [5.74, 6) is 0. The van der Waals surface area contributed by atoms with Crippen LogP contribution in [-0.2, 0) is 0 Å². The number of hydrogen-bond donors (Lipinski definition) is 2. The molecule has 0 amide bonds. The molecule has 1 fully saturated rings. The first-order valence-corrected chi connectivity index (χ1v) is 6.26. The molecule has 1 saturated heterocycles. The molecule has 0 bridgehead atoms. The van der Waals surface area contributed by atoms with Gasteiger partial charge in [0.05, 0.1) is 0 Å². The zero-order valence-corrected chi connectivity index (χ0v) is 10.4. The summed E-state index contributed by atoms with van der Waals surface area (Å²) in [6, 6.07) is 9.88. The molecule has 1 aliphatic rings. The highest BCUT2D eigenvalue weighted by atomic mass is 15.2. The number of likely N-dealkylation sites (tertiary alicyclic amines) is 1. The van der Waals surface area contributed by atoms with Crippen LogP contribution in [0.4, 0.5) is 5.69 Å². The normalized spacial score (nSPS) is 25.5. The van der Waals surface area contributed by atoms with Crippen molar-refractivity contribution in [3.63, 3.8) is 0 Å². The third-order valence-corrected chi connectivity index (χ3v) is 3.81. The van der Waals surface area contributed by atoms with Crippen molar-refractivity contribution in [1.29, 1.82) is 0 Å². The maximum atomic E-state index is 3.63. The van der Waals surface area contributed by atoms with Crippen LogP contribution in [0.25, 0.3) is 10.9 Å². The first-order chi connectivity index (χ1) is 8.22. The van der Waals surface area contributed by atoms with Gasteiger partial charge in [0.1, 0.15) is 0 Å². The Hall–Kier alpha value is -1.48. The third-order valence-electron chi connectivity index (χ3n) is 3.81. The monoisotopic (exact) mass is 229 g/mol. The average Bonchev–Trinajstić information content (AvgIpc) is 2.86. The second-order valence-electron chi connectivity index (χ2n) is 5.15. The number of hydrogen-bond acceptors (Lipinski definition) is 2. The van der Waals surface area contributed by atoms with Gasteiger partial charge in [0.25, 0.3) is 0 Å². The third kappa shape index (κ3) is 2.03. The van der Waals surface area contributed by atoms with Crippen LogP contribution in [-0.4, -0.2) is 35.6 Å². The summed E-state index contributed by atoms with van der Waals surface area (Å²) in [7, 11) is 2.20. The number of benzene rings is 1. The van der Waals surface area contributed by atoms with Crippen LogP contribution in [0.2, 0.25) is 0 Å². The van der Waals surface area contributed by atoms with Gasteiger partial charge in [0, 0.05) is 41.4 Å². The molecular formula is C14H19N3. The maximum Gasteiger partial charge on any atom is 0.0455 e. The van der Waals surface area contributed by atoms with E-state index in [9.17, 15) is 0 Å². The minimum atomic E-state index is 0.575. The van der Waals surface area contributed by atoms with Gasteiger partial charge in [0.2, 0.25) is 0 Å². The largest absolute Gasteiger partial charge is 0.381 e. The van der Waals surface area contributed by atoms with E-state index in [-0.39, 0.29) is 0 Å². The number of aromatic nitrogens is 1. The molecule has 17 heavy (non-hydrogen) atoms. The van der Waals surface area contributed by atoms with Crippen molar-refractivity contribution in [2.24, 2.45) is 0 Å². The zero-order chi connectivity index (χ0) is 11.8. The van der Waals surface area contributed by atoms with Gasteiger partial charge in [0.15, 0.2) is 0 Å². The Bertz CT molecular complexity index is 507. The van der Waals surface area contributed by atoms with E-state index in [4.69, 9.17) is 0 Å². The van der Waals surface area contributed by atoms with Gasteiger partial charge in [-0.25, -0.2) is 0 Å². The van der Waals surface area contributed by atoms with E-state index in [0.29, 0.717) is 12.1 Å². The smallest absolute Gasteiger partial charge is 0.0455 e. The first kappa shape index (κ1) is 10.7. The van der Waals surface area contributed by atoms with Crippen LogP contribution in [0.3, 0.4) is 0 Å². The van der Waals surface area contributed by atoms with Crippen LogP contribution in [0.5, 0.6) is 0 Å². The van der Waals surface area contributed by atoms with Crippen LogP contribution >= 0.6 is 0 Å². The molecule has 0 saturated carbocycles. The summed E-state index contributed by atoms with van der Waals surface area (Å²) in [6.45, 7) is 3.42. The Labute approximate surface area is 102 Å². The predicted molar refractivity (Wildman–Crippen MR) is 72.4 cm³/mol. The van der Waals surface area contributed by atoms with E-state index in [1.165, 1.54) is 23.0 Å². The van der Waals surface area contributed by atoms with Gasteiger partial charge in [-0.05, 0) is 44.7 Å². The molecule has 0 radical (unpaired) electrons. The fraction of sp³-hybridized carbons (Fsp3) is 0.429. The molecular weight excluding hydrogens is 210 g/mol. The highest BCUT2D eigenvalue weighted by Gasteiger charge is 2.25. The average molecular weight is 229 g/mol. The molecule has 2 N–H and O–H groups in total. The predicted octanol–water partition coefficient (Wildman–Crippen LogP) is 2.67. The number of nitrogens with one attached hydrogen (secondary N) is 2. The second kappa shape index (κ2) is 4.08. The van der Waals surface area contributed by atoms with Crippen molar-refractivity contribution in [2.45, 2.75) is 25.4 Å². The van der Waals surface area contributed by atoms with Gasteiger partial charge in [-0.15, -0.1) is 0 Å².